The minimum Gasteiger partial charge on any atom is -0.368 e. The Labute approximate surface area is 160 Å². The summed E-state index contributed by atoms with van der Waals surface area (Å²) in [7, 11) is -1.26. The van der Waals surface area contributed by atoms with E-state index in [9.17, 15) is 13.8 Å². The van der Waals surface area contributed by atoms with Crippen LogP contribution in [0.1, 0.15) is 16.8 Å². The van der Waals surface area contributed by atoms with E-state index in [1.807, 2.05) is 36.4 Å². The molecule has 0 bridgehead atoms. The number of carbonyl (C=O) groups is 2. The monoisotopic (exact) mass is 380 g/mol. The maximum Gasteiger partial charge on any atom is 0.251 e. The number of rotatable bonds is 7. The second-order valence-corrected chi connectivity index (χ2v) is 7.71. The minimum atomic E-state index is -1.26. The molecule has 3 N–H and O–H groups in total. The van der Waals surface area contributed by atoms with Crippen LogP contribution in [0.3, 0.4) is 0 Å². The number of hydrogen-bond donors (Lipinski definition) is 2. The SMILES string of the molecule is NC(=O)[C@H](CC[S@](=O)c1ccccc1)NC(=O)c1ccc2ccccc2c1. The van der Waals surface area contributed by atoms with Crippen molar-refractivity contribution in [2.45, 2.75) is 17.4 Å². The van der Waals surface area contributed by atoms with Crippen molar-refractivity contribution in [2.75, 3.05) is 5.75 Å². The van der Waals surface area contributed by atoms with Crippen LogP contribution in [0.15, 0.2) is 77.7 Å². The van der Waals surface area contributed by atoms with Crippen molar-refractivity contribution in [3.05, 3.63) is 78.4 Å². The maximum absolute atomic E-state index is 12.5. The van der Waals surface area contributed by atoms with Crippen molar-refractivity contribution in [1.82, 2.24) is 5.32 Å². The van der Waals surface area contributed by atoms with Gasteiger partial charge >= 0.3 is 0 Å². The normalized spacial score (nSPS) is 13.0. The molecule has 2 atom stereocenters. The fraction of sp³-hybridized carbons (Fsp3) is 0.143. The van der Waals surface area contributed by atoms with Crippen LogP contribution in [-0.4, -0.2) is 27.8 Å². The molecule has 0 unspecified atom stereocenters. The lowest BCUT2D eigenvalue weighted by Gasteiger charge is -2.15. The summed E-state index contributed by atoms with van der Waals surface area (Å²) >= 11 is 0. The molecular formula is C21H20N2O3S. The first-order valence-corrected chi connectivity index (χ1v) is 9.89. The van der Waals surface area contributed by atoms with Gasteiger partial charge in [-0.25, -0.2) is 0 Å². The van der Waals surface area contributed by atoms with Gasteiger partial charge in [-0.05, 0) is 41.5 Å². The minimum absolute atomic E-state index is 0.205. The van der Waals surface area contributed by atoms with Gasteiger partial charge in [0.05, 0.1) is 10.8 Å². The Morgan fingerprint density at radius 3 is 2.30 bits per heavy atom. The topological polar surface area (TPSA) is 89.3 Å². The molecule has 0 aliphatic rings. The Morgan fingerprint density at radius 2 is 1.59 bits per heavy atom. The highest BCUT2D eigenvalue weighted by atomic mass is 32.2. The van der Waals surface area contributed by atoms with Gasteiger partial charge in [-0.2, -0.15) is 0 Å². The van der Waals surface area contributed by atoms with Crippen LogP contribution in [0.2, 0.25) is 0 Å². The molecule has 0 spiro atoms. The number of nitrogens with one attached hydrogen (secondary N) is 1. The first-order chi connectivity index (χ1) is 13.0. The molecule has 0 aliphatic carbocycles. The highest BCUT2D eigenvalue weighted by Gasteiger charge is 2.20. The largest absolute Gasteiger partial charge is 0.368 e. The van der Waals surface area contributed by atoms with Crippen molar-refractivity contribution >= 4 is 33.4 Å². The summed E-state index contributed by atoms with van der Waals surface area (Å²) in [6.07, 6.45) is 0.205. The Morgan fingerprint density at radius 1 is 0.926 bits per heavy atom. The molecule has 3 aromatic carbocycles. The lowest BCUT2D eigenvalue weighted by atomic mass is 10.1. The average molecular weight is 380 g/mol. The molecule has 0 saturated heterocycles. The van der Waals surface area contributed by atoms with Gasteiger partial charge in [-0.15, -0.1) is 0 Å². The van der Waals surface area contributed by atoms with E-state index >= 15 is 0 Å². The van der Waals surface area contributed by atoms with Gasteiger partial charge in [-0.1, -0.05) is 48.5 Å². The third-order valence-corrected chi connectivity index (χ3v) is 5.66. The molecule has 2 amide bonds. The second kappa shape index (κ2) is 8.60. The predicted octanol–water partition coefficient (Wildman–Crippen LogP) is 2.62. The number of amides is 2. The van der Waals surface area contributed by atoms with E-state index in [1.165, 1.54) is 0 Å². The predicted molar refractivity (Wildman–Crippen MR) is 107 cm³/mol. The van der Waals surface area contributed by atoms with E-state index in [0.717, 1.165) is 10.8 Å². The summed E-state index contributed by atoms with van der Waals surface area (Å²) in [5.41, 5.74) is 5.87. The van der Waals surface area contributed by atoms with E-state index in [1.54, 1.807) is 36.4 Å². The number of primary amides is 1. The smallest absolute Gasteiger partial charge is 0.251 e. The molecule has 27 heavy (non-hydrogen) atoms. The van der Waals surface area contributed by atoms with Crippen LogP contribution in [-0.2, 0) is 15.6 Å². The Bertz CT molecular complexity index is 989. The molecule has 0 heterocycles. The summed E-state index contributed by atoms with van der Waals surface area (Å²) in [5.74, 6) is -0.792. The summed E-state index contributed by atoms with van der Waals surface area (Å²) in [6, 6.07) is 21.1. The third kappa shape index (κ3) is 4.80. The van der Waals surface area contributed by atoms with E-state index in [-0.39, 0.29) is 18.1 Å². The first kappa shape index (κ1) is 18.8. The quantitative estimate of drug-likeness (QED) is 0.660. The molecule has 138 valence electrons. The summed E-state index contributed by atoms with van der Waals surface area (Å²) in [5, 5.41) is 4.62. The molecule has 3 aromatic rings. The van der Waals surface area contributed by atoms with E-state index < -0.39 is 22.7 Å². The second-order valence-electron chi connectivity index (χ2n) is 6.14. The number of benzene rings is 3. The molecule has 3 rings (SSSR count). The van der Waals surface area contributed by atoms with Crippen molar-refractivity contribution in [3.63, 3.8) is 0 Å². The molecule has 0 fully saturated rings. The number of carbonyl (C=O) groups excluding carboxylic acids is 2. The maximum atomic E-state index is 12.5. The van der Waals surface area contributed by atoms with Gasteiger partial charge in [0.15, 0.2) is 0 Å². The molecule has 0 aromatic heterocycles. The van der Waals surface area contributed by atoms with Crippen LogP contribution in [0.4, 0.5) is 0 Å². The first-order valence-electron chi connectivity index (χ1n) is 8.57. The number of nitrogens with two attached hydrogens (primary N) is 1. The zero-order chi connectivity index (χ0) is 19.2. The van der Waals surface area contributed by atoms with Crippen molar-refractivity contribution in [2.24, 2.45) is 5.73 Å². The summed E-state index contributed by atoms with van der Waals surface area (Å²) in [4.78, 5) is 24.9. The van der Waals surface area contributed by atoms with Crippen LogP contribution in [0.25, 0.3) is 10.8 Å². The standard InChI is InChI=1S/C21H20N2O3S/c22-20(24)19(12-13-27(26)18-8-2-1-3-9-18)23-21(25)17-11-10-15-6-4-5-7-16(15)14-17/h1-11,14,19H,12-13H2,(H2,22,24)(H,23,25)/t19-,27-/m0/s1. The number of hydrogen-bond acceptors (Lipinski definition) is 3. The highest BCUT2D eigenvalue weighted by Crippen LogP contribution is 2.16. The Balaban J connectivity index is 1.67. The van der Waals surface area contributed by atoms with Gasteiger partial charge in [-0.3, -0.25) is 13.8 Å². The Kier molecular flexibility index (Phi) is 5.98. The van der Waals surface area contributed by atoms with Crippen molar-refractivity contribution in [1.29, 1.82) is 0 Å². The van der Waals surface area contributed by atoms with Crippen molar-refractivity contribution in [3.8, 4) is 0 Å². The molecule has 6 heteroatoms. The lowest BCUT2D eigenvalue weighted by Crippen LogP contribution is -2.45. The fourth-order valence-corrected chi connectivity index (χ4v) is 3.92. The zero-order valence-electron chi connectivity index (χ0n) is 14.6. The summed E-state index contributed by atoms with van der Waals surface area (Å²) in [6.45, 7) is 0. The zero-order valence-corrected chi connectivity index (χ0v) is 15.4. The van der Waals surface area contributed by atoms with E-state index in [0.29, 0.717) is 10.5 Å². The summed E-state index contributed by atoms with van der Waals surface area (Å²) < 4.78 is 12.3. The van der Waals surface area contributed by atoms with Crippen molar-refractivity contribution < 1.29 is 13.8 Å². The van der Waals surface area contributed by atoms with Gasteiger partial charge in [0, 0.05) is 16.2 Å². The Hall–Kier alpha value is -2.99. The average Bonchev–Trinajstić information content (AvgIpc) is 2.70. The van der Waals surface area contributed by atoms with E-state index in [2.05, 4.69) is 5.32 Å². The van der Waals surface area contributed by atoms with Gasteiger partial charge in [0.25, 0.3) is 5.91 Å². The van der Waals surface area contributed by atoms with Gasteiger partial charge < -0.3 is 11.1 Å². The van der Waals surface area contributed by atoms with E-state index in [4.69, 9.17) is 5.73 Å². The molecule has 0 radical (unpaired) electrons. The van der Waals surface area contributed by atoms with Crippen LogP contribution >= 0.6 is 0 Å². The molecule has 0 aliphatic heterocycles. The van der Waals surface area contributed by atoms with Crippen LogP contribution in [0, 0.1) is 0 Å². The molecular weight excluding hydrogens is 360 g/mol. The molecule has 5 nitrogen and oxygen atoms in total. The van der Waals surface area contributed by atoms with Gasteiger partial charge in [0.2, 0.25) is 5.91 Å². The third-order valence-electron chi connectivity index (χ3n) is 4.26. The van der Waals surface area contributed by atoms with Crippen LogP contribution in [0.5, 0.6) is 0 Å². The highest BCUT2D eigenvalue weighted by molar-refractivity contribution is 7.85. The number of fused-ring (bicyclic) bond motifs is 1. The van der Waals surface area contributed by atoms with Gasteiger partial charge in [0.1, 0.15) is 6.04 Å². The lowest BCUT2D eigenvalue weighted by molar-refractivity contribution is -0.119. The molecule has 0 saturated carbocycles. The van der Waals surface area contributed by atoms with Crippen LogP contribution < -0.4 is 11.1 Å². The fourth-order valence-electron chi connectivity index (χ4n) is 2.77.